The molecule has 0 saturated carbocycles. The molecule has 0 N–H and O–H groups in total. The van der Waals surface area contributed by atoms with Gasteiger partial charge in [0.1, 0.15) is 0 Å². The first-order valence-corrected chi connectivity index (χ1v) is 5.67. The van der Waals surface area contributed by atoms with Crippen LogP contribution in [-0.2, 0) is 9.53 Å². The molecule has 2 rings (SSSR count). The molecule has 1 unspecified atom stereocenters. The lowest BCUT2D eigenvalue weighted by Crippen LogP contribution is -2.21. The number of esters is 1. The second-order valence-electron chi connectivity index (χ2n) is 4.18. The summed E-state index contributed by atoms with van der Waals surface area (Å²) in [7, 11) is 0. The molecular weight excluding hydrogens is 202 g/mol. The summed E-state index contributed by atoms with van der Waals surface area (Å²) in [5.41, 5.74) is 0.946. The second kappa shape index (κ2) is 4.66. The van der Waals surface area contributed by atoms with E-state index < -0.39 is 6.23 Å². The van der Waals surface area contributed by atoms with E-state index in [4.69, 9.17) is 4.74 Å². The molecule has 1 fully saturated rings. The number of carbonyl (C=O) groups excluding carboxylic acids is 1. The molecular formula is C13H16NO2-. The molecule has 1 aliphatic heterocycles. The highest BCUT2D eigenvalue weighted by atomic mass is 16.6. The first-order chi connectivity index (χ1) is 7.72. The van der Waals surface area contributed by atoms with Crippen molar-refractivity contribution in [1.29, 1.82) is 0 Å². The summed E-state index contributed by atoms with van der Waals surface area (Å²) < 4.78 is 5.28. The molecule has 3 nitrogen and oxygen atoms in total. The molecule has 16 heavy (non-hydrogen) atoms. The third-order valence-electron chi connectivity index (χ3n) is 3.03. The molecule has 0 bridgehead atoms. The first-order valence-electron chi connectivity index (χ1n) is 5.67. The normalized spacial score (nSPS) is 26.5. The van der Waals surface area contributed by atoms with Crippen molar-refractivity contribution in [3.63, 3.8) is 0 Å². The molecule has 0 amide bonds. The van der Waals surface area contributed by atoms with Gasteiger partial charge in [-0.05, 0) is 11.6 Å². The maximum absolute atomic E-state index is 11.6. The average molecular weight is 218 g/mol. The third-order valence-corrected chi connectivity index (χ3v) is 3.03. The van der Waals surface area contributed by atoms with Gasteiger partial charge in [0.25, 0.3) is 5.97 Å². The van der Waals surface area contributed by atoms with Crippen LogP contribution in [0.1, 0.15) is 32.1 Å². The Morgan fingerprint density at radius 1 is 1.38 bits per heavy atom. The van der Waals surface area contributed by atoms with Gasteiger partial charge in [0.2, 0.25) is 0 Å². The molecule has 1 aromatic rings. The lowest BCUT2D eigenvalue weighted by molar-refractivity contribution is -0.143. The van der Waals surface area contributed by atoms with Gasteiger partial charge in [-0.3, -0.25) is 4.79 Å². The minimum Gasteiger partial charge on any atom is -0.610 e. The van der Waals surface area contributed by atoms with Crippen LogP contribution in [0.15, 0.2) is 30.3 Å². The van der Waals surface area contributed by atoms with Gasteiger partial charge in [-0.15, -0.1) is 0 Å². The number of hydrogen-bond donors (Lipinski definition) is 0. The van der Waals surface area contributed by atoms with Gasteiger partial charge in [0.05, 0.1) is 0 Å². The number of hydrogen-bond acceptors (Lipinski definition) is 2. The third kappa shape index (κ3) is 2.09. The van der Waals surface area contributed by atoms with Crippen LogP contribution in [0, 0.1) is 5.92 Å². The van der Waals surface area contributed by atoms with E-state index in [0.717, 1.165) is 12.0 Å². The molecule has 0 aliphatic carbocycles. The molecule has 3 atom stereocenters. The van der Waals surface area contributed by atoms with E-state index in [1.54, 1.807) is 0 Å². The zero-order valence-electron chi connectivity index (χ0n) is 9.59. The van der Waals surface area contributed by atoms with Gasteiger partial charge in [-0.1, -0.05) is 56.5 Å². The SMILES string of the molecule is CCC(C)[C@H]1[N-][C@@H](c2ccccc2)OC1=O. The Kier molecular flexibility index (Phi) is 3.25. The summed E-state index contributed by atoms with van der Waals surface area (Å²) in [6, 6.07) is 9.35. The summed E-state index contributed by atoms with van der Waals surface area (Å²) in [6.07, 6.45) is 0.526. The van der Waals surface area contributed by atoms with Crippen molar-refractivity contribution in [1.82, 2.24) is 0 Å². The molecule has 1 aromatic carbocycles. The van der Waals surface area contributed by atoms with Crippen molar-refractivity contribution in [2.45, 2.75) is 32.5 Å². The zero-order valence-corrected chi connectivity index (χ0v) is 9.59. The molecule has 1 heterocycles. The average Bonchev–Trinajstić information content (AvgIpc) is 2.71. The van der Waals surface area contributed by atoms with E-state index in [1.807, 2.05) is 37.3 Å². The Bertz CT molecular complexity index is 363. The van der Waals surface area contributed by atoms with E-state index in [2.05, 4.69) is 12.2 Å². The second-order valence-corrected chi connectivity index (χ2v) is 4.18. The van der Waals surface area contributed by atoms with Crippen LogP contribution in [0.5, 0.6) is 0 Å². The highest BCUT2D eigenvalue weighted by Gasteiger charge is 2.26. The minimum absolute atomic E-state index is 0.191. The van der Waals surface area contributed by atoms with Gasteiger partial charge >= 0.3 is 0 Å². The zero-order chi connectivity index (χ0) is 11.5. The van der Waals surface area contributed by atoms with Crippen LogP contribution in [0.3, 0.4) is 0 Å². The van der Waals surface area contributed by atoms with Gasteiger partial charge in [0, 0.05) is 6.23 Å². The number of rotatable bonds is 3. The van der Waals surface area contributed by atoms with Crippen LogP contribution in [0.2, 0.25) is 0 Å². The van der Waals surface area contributed by atoms with Gasteiger partial charge in [0.15, 0.2) is 0 Å². The summed E-state index contributed by atoms with van der Waals surface area (Å²) in [5.74, 6) is 0.0596. The van der Waals surface area contributed by atoms with E-state index in [9.17, 15) is 4.79 Å². The highest BCUT2D eigenvalue weighted by molar-refractivity contribution is 5.82. The summed E-state index contributed by atoms with van der Waals surface area (Å²) >= 11 is 0. The molecule has 1 aliphatic rings. The van der Waals surface area contributed by atoms with Crippen LogP contribution in [0.4, 0.5) is 0 Å². The van der Waals surface area contributed by atoms with Crippen molar-refractivity contribution in [2.75, 3.05) is 0 Å². The fourth-order valence-corrected chi connectivity index (χ4v) is 1.79. The van der Waals surface area contributed by atoms with Crippen LogP contribution < -0.4 is 0 Å². The first kappa shape index (κ1) is 11.1. The highest BCUT2D eigenvalue weighted by Crippen LogP contribution is 2.36. The summed E-state index contributed by atoms with van der Waals surface area (Å²) in [5, 5.41) is 4.44. The maximum Gasteiger partial charge on any atom is 0.287 e. The van der Waals surface area contributed by atoms with E-state index in [1.165, 1.54) is 0 Å². The number of nitrogens with zero attached hydrogens (tertiary/aromatic N) is 1. The van der Waals surface area contributed by atoms with Crippen molar-refractivity contribution in [3.8, 4) is 0 Å². The van der Waals surface area contributed by atoms with E-state index in [0.29, 0.717) is 0 Å². The molecule has 86 valence electrons. The number of ether oxygens (including phenoxy) is 1. The van der Waals surface area contributed by atoms with Crippen molar-refractivity contribution >= 4 is 5.97 Å². The van der Waals surface area contributed by atoms with Crippen molar-refractivity contribution in [3.05, 3.63) is 41.2 Å². The fourth-order valence-electron chi connectivity index (χ4n) is 1.79. The summed E-state index contributed by atoms with van der Waals surface area (Å²) in [6.45, 7) is 4.09. The smallest absolute Gasteiger partial charge is 0.287 e. The molecule has 0 radical (unpaired) electrons. The Morgan fingerprint density at radius 3 is 2.69 bits per heavy atom. The van der Waals surface area contributed by atoms with E-state index >= 15 is 0 Å². The standard InChI is InChI=1S/C13H16NO2/c1-3-9(2)11-13(15)16-12(14-11)10-7-5-4-6-8-10/h4-9,11-12H,3H2,1-2H3/q-1/t9?,11-,12-/m1/s1. The van der Waals surface area contributed by atoms with Crippen LogP contribution in [0.25, 0.3) is 5.32 Å². The predicted molar refractivity (Wildman–Crippen MR) is 61.9 cm³/mol. The lowest BCUT2D eigenvalue weighted by atomic mass is 10.00. The Hall–Kier alpha value is -1.35. The Morgan fingerprint density at radius 2 is 2.06 bits per heavy atom. The number of benzene rings is 1. The van der Waals surface area contributed by atoms with Crippen LogP contribution >= 0.6 is 0 Å². The molecule has 0 aromatic heterocycles. The van der Waals surface area contributed by atoms with Gasteiger partial charge in [-0.25, -0.2) is 0 Å². The topological polar surface area (TPSA) is 40.4 Å². The van der Waals surface area contributed by atoms with Gasteiger partial charge < -0.3 is 10.1 Å². The number of carbonyl (C=O) groups is 1. The monoisotopic (exact) mass is 218 g/mol. The minimum atomic E-state index is -0.410. The van der Waals surface area contributed by atoms with Crippen molar-refractivity contribution in [2.24, 2.45) is 5.92 Å². The number of cyclic esters (lactones) is 1. The van der Waals surface area contributed by atoms with Crippen LogP contribution in [-0.4, -0.2) is 12.0 Å². The quantitative estimate of drug-likeness (QED) is 0.731. The molecule has 1 saturated heterocycles. The lowest BCUT2D eigenvalue weighted by Gasteiger charge is -2.27. The largest absolute Gasteiger partial charge is 0.610 e. The Labute approximate surface area is 95.8 Å². The van der Waals surface area contributed by atoms with E-state index in [-0.39, 0.29) is 17.9 Å². The van der Waals surface area contributed by atoms with Gasteiger partial charge in [-0.2, -0.15) is 0 Å². The molecule has 0 spiro atoms. The fraction of sp³-hybridized carbons (Fsp3) is 0.462. The Balaban J connectivity index is 2.10. The molecule has 3 heteroatoms. The maximum atomic E-state index is 11.6. The predicted octanol–water partition coefficient (Wildman–Crippen LogP) is 3.03. The summed E-state index contributed by atoms with van der Waals surface area (Å²) in [4.78, 5) is 11.6. The van der Waals surface area contributed by atoms with Crippen molar-refractivity contribution < 1.29 is 9.53 Å².